The number of halogens is 1. The van der Waals surface area contributed by atoms with Crippen LogP contribution in [-0.4, -0.2) is 37.8 Å². The fourth-order valence-electron chi connectivity index (χ4n) is 3.30. The number of hydrogen-bond acceptors (Lipinski definition) is 3. The topological polar surface area (TPSA) is 66.5 Å². The zero-order chi connectivity index (χ0) is 19.3. The first-order valence-electron chi connectivity index (χ1n) is 9.07. The van der Waals surface area contributed by atoms with Crippen molar-refractivity contribution in [2.75, 3.05) is 13.1 Å². The standard InChI is InChI=1S/C20H23ClN2O3S/c21-17-10-12-18(13-11-17)27(25,26)23-15-5-9-19(23)20(24)22-14-4-8-16-6-2-1-3-7-16/h1-3,6-7,10-13,19H,4-5,8-9,14-15H2,(H,22,24)/t19-/m0/s1. The van der Waals surface area contributed by atoms with Crippen LogP contribution < -0.4 is 5.32 Å². The van der Waals surface area contributed by atoms with Crippen LogP contribution in [0.2, 0.25) is 5.02 Å². The molecule has 0 unspecified atom stereocenters. The van der Waals surface area contributed by atoms with Gasteiger partial charge in [0.2, 0.25) is 15.9 Å². The van der Waals surface area contributed by atoms with Gasteiger partial charge in [-0.3, -0.25) is 4.79 Å². The molecular formula is C20H23ClN2O3S. The summed E-state index contributed by atoms with van der Waals surface area (Å²) < 4.78 is 27.1. The smallest absolute Gasteiger partial charge is 0.243 e. The third-order valence-corrected chi connectivity index (χ3v) is 6.89. The van der Waals surface area contributed by atoms with Crippen molar-refractivity contribution >= 4 is 27.5 Å². The highest BCUT2D eigenvalue weighted by Crippen LogP contribution is 2.27. The van der Waals surface area contributed by atoms with Gasteiger partial charge in [-0.25, -0.2) is 8.42 Å². The number of rotatable bonds is 7. The van der Waals surface area contributed by atoms with Gasteiger partial charge in [0.05, 0.1) is 4.90 Å². The van der Waals surface area contributed by atoms with Crippen molar-refractivity contribution in [3.63, 3.8) is 0 Å². The predicted molar refractivity (Wildman–Crippen MR) is 106 cm³/mol. The number of aryl methyl sites for hydroxylation is 1. The molecule has 0 saturated carbocycles. The average molecular weight is 407 g/mol. The molecule has 27 heavy (non-hydrogen) atoms. The number of amides is 1. The molecule has 2 aromatic rings. The summed E-state index contributed by atoms with van der Waals surface area (Å²) in [5, 5.41) is 3.37. The average Bonchev–Trinajstić information content (AvgIpc) is 3.17. The maximum Gasteiger partial charge on any atom is 0.243 e. The molecule has 1 fully saturated rings. The van der Waals surface area contributed by atoms with Crippen molar-refractivity contribution in [3.8, 4) is 0 Å². The van der Waals surface area contributed by atoms with Gasteiger partial charge < -0.3 is 5.32 Å². The molecule has 1 saturated heterocycles. The van der Waals surface area contributed by atoms with E-state index >= 15 is 0 Å². The Bertz CT molecular complexity index is 870. The summed E-state index contributed by atoms with van der Waals surface area (Å²) in [4.78, 5) is 12.7. The van der Waals surface area contributed by atoms with Gasteiger partial charge in [0.25, 0.3) is 0 Å². The zero-order valence-electron chi connectivity index (χ0n) is 15.0. The second kappa shape index (κ2) is 8.87. The van der Waals surface area contributed by atoms with E-state index in [1.165, 1.54) is 22.0 Å². The molecule has 0 aliphatic carbocycles. The number of sulfonamides is 1. The molecule has 1 atom stereocenters. The number of carbonyl (C=O) groups is 1. The Hall–Kier alpha value is -1.89. The molecular weight excluding hydrogens is 384 g/mol. The highest BCUT2D eigenvalue weighted by atomic mass is 35.5. The summed E-state index contributed by atoms with van der Waals surface area (Å²) in [6.45, 7) is 0.881. The fourth-order valence-corrected chi connectivity index (χ4v) is 5.08. The molecule has 1 amide bonds. The lowest BCUT2D eigenvalue weighted by molar-refractivity contribution is -0.124. The molecule has 2 aromatic carbocycles. The minimum atomic E-state index is -3.71. The lowest BCUT2D eigenvalue weighted by Crippen LogP contribution is -2.46. The van der Waals surface area contributed by atoms with Gasteiger partial charge in [-0.15, -0.1) is 0 Å². The number of nitrogens with one attached hydrogen (secondary N) is 1. The molecule has 0 aromatic heterocycles. The molecule has 144 valence electrons. The molecule has 5 nitrogen and oxygen atoms in total. The number of carbonyl (C=O) groups excluding carboxylic acids is 1. The number of hydrogen-bond donors (Lipinski definition) is 1. The molecule has 0 bridgehead atoms. The van der Waals surface area contributed by atoms with E-state index in [9.17, 15) is 13.2 Å². The third-order valence-electron chi connectivity index (χ3n) is 4.71. The number of nitrogens with zero attached hydrogens (tertiary/aromatic N) is 1. The monoisotopic (exact) mass is 406 g/mol. The minimum absolute atomic E-state index is 0.163. The van der Waals surface area contributed by atoms with Crippen molar-refractivity contribution in [2.45, 2.75) is 36.6 Å². The van der Waals surface area contributed by atoms with E-state index in [0.29, 0.717) is 31.0 Å². The lowest BCUT2D eigenvalue weighted by Gasteiger charge is -2.23. The first-order chi connectivity index (χ1) is 13.0. The van der Waals surface area contributed by atoms with Gasteiger partial charge in [0, 0.05) is 18.1 Å². The summed E-state index contributed by atoms with van der Waals surface area (Å²) in [5.74, 6) is -0.224. The SMILES string of the molecule is O=C(NCCCc1ccccc1)[C@@H]1CCCN1S(=O)(=O)c1ccc(Cl)cc1. The molecule has 7 heteroatoms. The van der Waals surface area contributed by atoms with Crippen molar-refractivity contribution in [1.29, 1.82) is 0 Å². The normalized spacial score (nSPS) is 17.7. The maximum atomic E-state index is 12.9. The third kappa shape index (κ3) is 4.89. The van der Waals surface area contributed by atoms with Crippen LogP contribution in [0.4, 0.5) is 0 Å². The maximum absolute atomic E-state index is 12.9. The summed E-state index contributed by atoms with van der Waals surface area (Å²) in [6.07, 6.45) is 2.90. The van der Waals surface area contributed by atoms with E-state index in [1.54, 1.807) is 12.1 Å². The Labute approximate surface area is 165 Å². The second-order valence-electron chi connectivity index (χ2n) is 6.61. The van der Waals surface area contributed by atoms with Gasteiger partial charge in [-0.05, 0) is 55.5 Å². The first-order valence-corrected chi connectivity index (χ1v) is 10.9. The Morgan fingerprint density at radius 3 is 2.52 bits per heavy atom. The van der Waals surface area contributed by atoms with Crippen LogP contribution in [0.3, 0.4) is 0 Å². The summed E-state index contributed by atoms with van der Waals surface area (Å²) in [6, 6.07) is 15.5. The lowest BCUT2D eigenvalue weighted by atomic mass is 10.1. The van der Waals surface area contributed by atoms with E-state index in [2.05, 4.69) is 17.4 Å². The van der Waals surface area contributed by atoms with Crippen LogP contribution in [0.25, 0.3) is 0 Å². The van der Waals surface area contributed by atoms with Crippen LogP contribution >= 0.6 is 11.6 Å². The van der Waals surface area contributed by atoms with Crippen LogP contribution in [0.1, 0.15) is 24.8 Å². The highest BCUT2D eigenvalue weighted by molar-refractivity contribution is 7.89. The van der Waals surface area contributed by atoms with E-state index in [1.807, 2.05) is 18.2 Å². The summed E-state index contributed by atoms with van der Waals surface area (Å²) in [7, 11) is -3.71. The van der Waals surface area contributed by atoms with Crippen molar-refractivity contribution < 1.29 is 13.2 Å². The quantitative estimate of drug-likeness (QED) is 0.718. The van der Waals surface area contributed by atoms with Crippen molar-refractivity contribution in [3.05, 3.63) is 65.2 Å². The summed E-state index contributed by atoms with van der Waals surface area (Å²) >= 11 is 5.84. The molecule has 1 heterocycles. The fraction of sp³-hybridized carbons (Fsp3) is 0.350. The van der Waals surface area contributed by atoms with Crippen LogP contribution in [0.15, 0.2) is 59.5 Å². The Morgan fingerprint density at radius 1 is 1.11 bits per heavy atom. The van der Waals surface area contributed by atoms with E-state index in [0.717, 1.165) is 12.8 Å². The Kier molecular flexibility index (Phi) is 6.52. The van der Waals surface area contributed by atoms with Crippen molar-refractivity contribution in [2.24, 2.45) is 0 Å². The van der Waals surface area contributed by atoms with Gasteiger partial charge in [-0.1, -0.05) is 41.9 Å². The largest absolute Gasteiger partial charge is 0.355 e. The Morgan fingerprint density at radius 2 is 1.81 bits per heavy atom. The zero-order valence-corrected chi connectivity index (χ0v) is 16.5. The van der Waals surface area contributed by atoms with Crippen molar-refractivity contribution in [1.82, 2.24) is 9.62 Å². The molecule has 0 radical (unpaired) electrons. The molecule has 3 rings (SSSR count). The molecule has 1 N–H and O–H groups in total. The Balaban J connectivity index is 1.58. The minimum Gasteiger partial charge on any atom is -0.355 e. The van der Waals surface area contributed by atoms with Gasteiger partial charge >= 0.3 is 0 Å². The predicted octanol–water partition coefficient (Wildman–Crippen LogP) is 3.24. The van der Waals surface area contributed by atoms with E-state index < -0.39 is 16.1 Å². The molecule has 1 aliphatic rings. The van der Waals surface area contributed by atoms with Gasteiger partial charge in [0.15, 0.2) is 0 Å². The second-order valence-corrected chi connectivity index (χ2v) is 8.93. The van der Waals surface area contributed by atoms with Crippen LogP contribution in [0, 0.1) is 0 Å². The van der Waals surface area contributed by atoms with E-state index in [4.69, 9.17) is 11.6 Å². The highest BCUT2D eigenvalue weighted by Gasteiger charge is 2.39. The molecule has 1 aliphatic heterocycles. The van der Waals surface area contributed by atoms with Crippen LogP contribution in [-0.2, 0) is 21.2 Å². The van der Waals surface area contributed by atoms with Gasteiger partial charge in [0.1, 0.15) is 6.04 Å². The van der Waals surface area contributed by atoms with Crippen LogP contribution in [0.5, 0.6) is 0 Å². The number of benzene rings is 2. The van der Waals surface area contributed by atoms with Gasteiger partial charge in [-0.2, -0.15) is 4.31 Å². The molecule has 0 spiro atoms. The first kappa shape index (κ1) is 19.9. The summed E-state index contributed by atoms with van der Waals surface area (Å²) in [5.41, 5.74) is 1.22. The van der Waals surface area contributed by atoms with E-state index in [-0.39, 0.29) is 10.8 Å².